The number of urea groups is 1. The molecule has 19 heteroatoms. The Morgan fingerprint density at radius 2 is 1.14 bits per heavy atom. The van der Waals surface area contributed by atoms with Gasteiger partial charge >= 0.3 is 12.1 Å². The molecule has 4 aliphatic rings. The number of nitrogens with one attached hydrogen (secondary N) is 1. The Hall–Kier alpha value is -7.69. The molecule has 0 saturated carbocycles. The van der Waals surface area contributed by atoms with Gasteiger partial charge in [-0.15, -0.1) is 0 Å². The highest BCUT2D eigenvalue weighted by molar-refractivity contribution is 6.31. The number of anilines is 1. The standard InChI is InChI=1S/C31H28ClN7O2.C28H32ClN5O3/c1-37-19-34-18-27(37)30(40)26-15-21-3-2-10-35-28(21)29(24-9-6-22(32)16-25(24)26)38-11-13-39(14-12-38)31(41)36-23-7-4-20(17-33)5-8-23;1-28(2,3)37-27(36)34-12-10-33(11-13-34)25-20-8-7-19(29)15-21(20)22(14-18-6-5-9-31-24(18)25)26(35)23-16-30-17-32(23)4/h2-10,15-16,18-19,29-30,40H,11-14H2,1H3,(H,36,41);5-9,14-17,25-26,35H,10-13H2,1-4H3. The molecule has 78 heavy (non-hydrogen) atoms. The lowest BCUT2D eigenvalue weighted by Gasteiger charge is -2.40. The third-order valence-corrected chi connectivity index (χ3v) is 15.0. The lowest BCUT2D eigenvalue weighted by atomic mass is 9.91. The van der Waals surface area contributed by atoms with Gasteiger partial charge in [0.25, 0.3) is 0 Å². The van der Waals surface area contributed by atoms with Crippen molar-refractivity contribution in [1.29, 1.82) is 5.26 Å². The van der Waals surface area contributed by atoms with Gasteiger partial charge in [0.15, 0.2) is 0 Å². The predicted octanol–water partition coefficient (Wildman–Crippen LogP) is 9.57. The molecule has 2 aliphatic heterocycles. The summed E-state index contributed by atoms with van der Waals surface area (Å²) >= 11 is 13.0. The minimum atomic E-state index is -0.922. The Bertz CT molecular complexity index is 3460. The maximum atomic E-state index is 13.0. The Morgan fingerprint density at radius 3 is 1.56 bits per heavy atom. The van der Waals surface area contributed by atoms with Gasteiger partial charge in [-0.05, 0) is 138 Å². The van der Waals surface area contributed by atoms with Crippen LogP contribution >= 0.6 is 23.2 Å². The van der Waals surface area contributed by atoms with Crippen molar-refractivity contribution in [3.63, 3.8) is 0 Å². The van der Waals surface area contributed by atoms with E-state index in [4.69, 9.17) is 43.2 Å². The smallest absolute Gasteiger partial charge is 0.410 e. The van der Waals surface area contributed by atoms with Gasteiger partial charge in [-0.1, -0.05) is 47.5 Å². The number of fused-ring (bicyclic) bond motifs is 4. The second kappa shape index (κ2) is 22.7. The first-order valence-electron chi connectivity index (χ1n) is 25.8. The molecule has 7 aromatic rings. The number of aromatic nitrogens is 6. The van der Waals surface area contributed by atoms with Crippen LogP contribution in [-0.4, -0.2) is 129 Å². The Balaban J connectivity index is 0.000000177. The maximum Gasteiger partial charge on any atom is 0.410 e. The number of amides is 3. The normalized spacial score (nSPS) is 18.2. The lowest BCUT2D eigenvalue weighted by molar-refractivity contribution is 0.0117. The number of pyridine rings is 2. The van der Waals surface area contributed by atoms with Crippen molar-refractivity contribution in [2.75, 3.05) is 57.7 Å². The van der Waals surface area contributed by atoms with Crippen molar-refractivity contribution in [2.45, 2.75) is 50.7 Å². The fraction of sp³-hybridized carbons (Fsp3) is 0.305. The Morgan fingerprint density at radius 1 is 0.679 bits per heavy atom. The van der Waals surface area contributed by atoms with Crippen LogP contribution in [0.1, 0.15) is 107 Å². The summed E-state index contributed by atoms with van der Waals surface area (Å²) in [6.07, 6.45) is 12.2. The zero-order valence-electron chi connectivity index (χ0n) is 44.0. The number of piperazine rings is 2. The van der Waals surface area contributed by atoms with Gasteiger partial charge in [-0.25, -0.2) is 19.6 Å². The number of carbonyl (C=O) groups is 2. The molecule has 2 saturated heterocycles. The van der Waals surface area contributed by atoms with Crippen molar-refractivity contribution in [3.8, 4) is 6.07 Å². The quantitative estimate of drug-likeness (QED) is 0.137. The minimum Gasteiger partial charge on any atom is -0.444 e. The average Bonchev–Trinajstić information content (AvgIpc) is 4.15. The van der Waals surface area contributed by atoms with Crippen LogP contribution in [0, 0.1) is 11.3 Å². The monoisotopic (exact) mass is 1090 g/mol. The summed E-state index contributed by atoms with van der Waals surface area (Å²) in [5, 5.41) is 36.2. The molecule has 3 N–H and O–H groups in total. The molecule has 17 nitrogen and oxygen atoms in total. The van der Waals surface area contributed by atoms with E-state index in [1.807, 2.05) is 117 Å². The molecule has 400 valence electrons. The fourth-order valence-electron chi connectivity index (χ4n) is 10.7. The number of imidazole rings is 2. The molecule has 0 bridgehead atoms. The van der Waals surface area contributed by atoms with E-state index in [0.717, 1.165) is 55.9 Å². The molecule has 2 aliphatic carbocycles. The number of halogens is 2. The van der Waals surface area contributed by atoms with Crippen LogP contribution in [0.25, 0.3) is 23.3 Å². The summed E-state index contributed by atoms with van der Waals surface area (Å²) in [6.45, 7) is 10.4. The topological polar surface area (TPSA) is 194 Å². The maximum absolute atomic E-state index is 13.0. The van der Waals surface area contributed by atoms with Gasteiger partial charge in [-0.2, -0.15) is 5.26 Å². The highest BCUT2D eigenvalue weighted by Gasteiger charge is 2.38. The van der Waals surface area contributed by atoms with Crippen molar-refractivity contribution in [1.82, 2.24) is 48.7 Å². The average molecular weight is 1090 g/mol. The van der Waals surface area contributed by atoms with E-state index in [9.17, 15) is 19.8 Å². The molecule has 4 unspecified atom stereocenters. The van der Waals surface area contributed by atoms with E-state index in [1.165, 1.54) is 0 Å². The van der Waals surface area contributed by atoms with Gasteiger partial charge in [0.1, 0.15) is 17.8 Å². The number of nitriles is 1. The lowest BCUT2D eigenvalue weighted by Crippen LogP contribution is -2.51. The summed E-state index contributed by atoms with van der Waals surface area (Å²) in [5.41, 5.74) is 10.9. The zero-order chi connectivity index (χ0) is 54.8. The molecule has 6 heterocycles. The second-order valence-electron chi connectivity index (χ2n) is 20.7. The minimum absolute atomic E-state index is 0.170. The van der Waals surface area contributed by atoms with E-state index >= 15 is 0 Å². The van der Waals surface area contributed by atoms with Crippen LogP contribution in [0.15, 0.2) is 122 Å². The van der Waals surface area contributed by atoms with Crippen molar-refractivity contribution < 1.29 is 24.5 Å². The third kappa shape index (κ3) is 11.3. The van der Waals surface area contributed by atoms with Gasteiger partial charge in [-0.3, -0.25) is 19.8 Å². The first kappa shape index (κ1) is 53.7. The summed E-state index contributed by atoms with van der Waals surface area (Å²) in [7, 11) is 3.72. The molecule has 3 aromatic carbocycles. The second-order valence-corrected chi connectivity index (χ2v) is 21.6. The van der Waals surface area contributed by atoms with E-state index in [0.29, 0.717) is 85.0 Å². The van der Waals surface area contributed by atoms with E-state index in [-0.39, 0.29) is 24.2 Å². The zero-order valence-corrected chi connectivity index (χ0v) is 45.5. The van der Waals surface area contributed by atoms with Gasteiger partial charge in [0, 0.05) is 94.6 Å². The number of rotatable bonds is 7. The molecule has 4 aromatic heterocycles. The molecular formula is C59H60Cl2N12O5. The van der Waals surface area contributed by atoms with Crippen LogP contribution in [0.2, 0.25) is 10.0 Å². The fourth-order valence-corrected chi connectivity index (χ4v) is 11.0. The first-order chi connectivity index (χ1) is 37.5. The van der Waals surface area contributed by atoms with Gasteiger partial charge in [0.05, 0.1) is 71.5 Å². The van der Waals surface area contributed by atoms with Crippen molar-refractivity contribution >= 4 is 64.3 Å². The number of carbonyl (C=O) groups excluding carboxylic acids is 2. The third-order valence-electron chi connectivity index (χ3n) is 14.5. The highest BCUT2D eigenvalue weighted by atomic mass is 35.5. The number of ether oxygens (including phenoxy) is 1. The summed E-state index contributed by atoms with van der Waals surface area (Å²) < 4.78 is 9.21. The molecular weight excluding hydrogens is 1030 g/mol. The summed E-state index contributed by atoms with van der Waals surface area (Å²) in [6, 6.07) is 27.8. The molecule has 11 rings (SSSR count). The van der Waals surface area contributed by atoms with Crippen LogP contribution in [0.4, 0.5) is 15.3 Å². The SMILES string of the molecule is Cn1cncc1C(O)C1=Cc2cccnc2C(N2CCN(C(=O)Nc3ccc(C#N)cc3)CC2)c2ccc(Cl)cc21.Cn1cncc1C(O)C1=Cc2cccnc2C(N2CCN(C(=O)OC(C)(C)C)CC2)c2ccc(Cl)cc21. The number of nitrogens with zero attached hydrogens (tertiary/aromatic N) is 11. The van der Waals surface area contributed by atoms with Crippen molar-refractivity contribution in [2.24, 2.45) is 14.1 Å². The van der Waals surface area contributed by atoms with Crippen molar-refractivity contribution in [3.05, 3.63) is 194 Å². The van der Waals surface area contributed by atoms with Crippen LogP contribution in [-0.2, 0) is 18.8 Å². The van der Waals surface area contributed by atoms with Gasteiger partial charge < -0.3 is 39.2 Å². The molecule has 0 radical (unpaired) electrons. The Labute approximate surface area is 463 Å². The van der Waals surface area contributed by atoms with Crippen LogP contribution < -0.4 is 5.32 Å². The van der Waals surface area contributed by atoms with E-state index in [2.05, 4.69) is 31.2 Å². The number of benzene rings is 3. The van der Waals surface area contributed by atoms with Crippen LogP contribution in [0.5, 0.6) is 0 Å². The molecule has 0 spiro atoms. The number of hydrogen-bond acceptors (Lipinski definition) is 12. The molecule has 2 fully saturated rings. The first-order valence-corrected chi connectivity index (χ1v) is 26.5. The largest absolute Gasteiger partial charge is 0.444 e. The van der Waals surface area contributed by atoms with E-state index in [1.54, 1.807) is 71.5 Å². The van der Waals surface area contributed by atoms with Crippen LogP contribution in [0.3, 0.4) is 0 Å². The number of aliphatic hydroxyl groups is 2. The predicted molar refractivity (Wildman–Crippen MR) is 300 cm³/mol. The molecule has 4 atom stereocenters. The molecule has 3 amide bonds. The number of aryl methyl sites for hydroxylation is 2. The summed E-state index contributed by atoms with van der Waals surface area (Å²) in [5.74, 6) is 0. The Kier molecular flexibility index (Phi) is 15.6. The number of hydrogen-bond donors (Lipinski definition) is 3. The highest BCUT2D eigenvalue weighted by Crippen LogP contribution is 2.46. The van der Waals surface area contributed by atoms with E-state index < -0.39 is 17.8 Å². The summed E-state index contributed by atoms with van der Waals surface area (Å²) in [4.78, 5) is 51.9. The number of aliphatic hydroxyl groups excluding tert-OH is 2. The van der Waals surface area contributed by atoms with Gasteiger partial charge in [0.2, 0.25) is 0 Å².